The summed E-state index contributed by atoms with van der Waals surface area (Å²) in [6.07, 6.45) is -32.5. The SMILES string of the molecule is C[C@@H]1O[C@@H](O[C@H]2[C@H](OC[C@]3(C)C4CC[C@]5(C)[C@H](CC=C6C7CC(C)(C)[C@@H](O)[C@H](O)[C@]7(CO[C@@H]7O[C@H](CO)[C@@H](O)[C@H](O)[C@H]7O[C@@H]7O[C@H](CO)[C@@H](O)[C@H](O)[C@H]7O)[C@H](O)C[C@]65C)[C@@]4(C)CC[C@@H]3O)O[C@H](CO)[C@@H](O)[C@@H]2O)[C@H](O)[C@H](O)[C@H]1O. The molecule has 9 rings (SSSR count). The van der Waals surface area contributed by atoms with Crippen LogP contribution in [0, 0.1) is 50.2 Å². The van der Waals surface area contributed by atoms with Gasteiger partial charge in [-0.15, -0.1) is 0 Å². The van der Waals surface area contributed by atoms with Gasteiger partial charge < -0.3 is 125 Å². The highest BCUT2D eigenvalue weighted by Crippen LogP contribution is 2.76. The van der Waals surface area contributed by atoms with E-state index < -0.39 is 212 Å². The molecule has 32 atom stereocenters. The van der Waals surface area contributed by atoms with E-state index in [0.29, 0.717) is 32.1 Å². The first-order valence-corrected chi connectivity index (χ1v) is 28.2. The number of aliphatic hydroxyl groups excluding tert-OH is 17. The van der Waals surface area contributed by atoms with Crippen LogP contribution in [0.4, 0.5) is 0 Å². The second-order valence-corrected chi connectivity index (χ2v) is 26.4. The van der Waals surface area contributed by atoms with E-state index >= 15 is 0 Å². The van der Waals surface area contributed by atoms with Gasteiger partial charge in [-0.25, -0.2) is 0 Å². The molecule has 456 valence electrons. The van der Waals surface area contributed by atoms with E-state index in [1.54, 1.807) is 0 Å². The number of rotatable bonds is 13. The van der Waals surface area contributed by atoms with Crippen LogP contribution in [0.5, 0.6) is 0 Å². The average molecular weight is 1140 g/mol. The summed E-state index contributed by atoms with van der Waals surface area (Å²) in [6, 6.07) is 0. The van der Waals surface area contributed by atoms with Crippen molar-refractivity contribution in [3.63, 3.8) is 0 Å². The predicted molar refractivity (Wildman–Crippen MR) is 267 cm³/mol. The number of allylic oxidation sites excluding steroid dienone is 2. The predicted octanol–water partition coefficient (Wildman–Crippen LogP) is -4.65. The number of fused-ring (bicyclic) bond motifs is 7. The summed E-state index contributed by atoms with van der Waals surface area (Å²) in [5.74, 6) is -0.917. The number of aliphatic hydroxyl groups is 17. The lowest BCUT2D eigenvalue weighted by Gasteiger charge is -2.72. The van der Waals surface area contributed by atoms with E-state index in [2.05, 4.69) is 26.8 Å². The first-order valence-electron chi connectivity index (χ1n) is 28.2. The Kier molecular flexibility index (Phi) is 17.8. The molecular formula is C54H90O25. The molecule has 4 saturated carbocycles. The molecule has 0 spiro atoms. The van der Waals surface area contributed by atoms with Crippen molar-refractivity contribution in [2.24, 2.45) is 50.2 Å². The Morgan fingerprint density at radius 2 is 1.00 bits per heavy atom. The molecule has 4 aliphatic heterocycles. The van der Waals surface area contributed by atoms with Crippen molar-refractivity contribution >= 4 is 0 Å². The second-order valence-electron chi connectivity index (χ2n) is 26.4. The third-order valence-corrected chi connectivity index (χ3v) is 21.9. The second kappa shape index (κ2) is 22.5. The van der Waals surface area contributed by atoms with Crippen molar-refractivity contribution in [2.75, 3.05) is 33.0 Å². The average Bonchev–Trinajstić information content (AvgIpc) is 3.52. The van der Waals surface area contributed by atoms with Crippen LogP contribution in [0.15, 0.2) is 11.6 Å². The molecule has 2 unspecified atom stereocenters. The molecule has 0 aromatic rings. The number of ether oxygens (including phenoxy) is 8. The molecule has 4 saturated heterocycles. The maximum absolute atomic E-state index is 13.0. The van der Waals surface area contributed by atoms with Crippen LogP contribution >= 0.6 is 0 Å². The Bertz CT molecular complexity index is 2140. The highest BCUT2D eigenvalue weighted by molar-refractivity contribution is 5.36. The fourth-order valence-corrected chi connectivity index (χ4v) is 16.7. The van der Waals surface area contributed by atoms with E-state index in [-0.39, 0.29) is 31.3 Å². The normalized spacial score (nSPS) is 56.6. The van der Waals surface area contributed by atoms with E-state index in [9.17, 15) is 86.8 Å². The maximum Gasteiger partial charge on any atom is 0.187 e. The molecule has 25 nitrogen and oxygen atoms in total. The van der Waals surface area contributed by atoms with E-state index in [1.165, 1.54) is 6.92 Å². The van der Waals surface area contributed by atoms with Crippen LogP contribution in [-0.2, 0) is 37.9 Å². The number of hydrogen-bond acceptors (Lipinski definition) is 25. The Labute approximate surface area is 459 Å². The fourth-order valence-electron chi connectivity index (χ4n) is 16.7. The topological polar surface area (TPSA) is 418 Å². The molecule has 9 aliphatic rings. The molecule has 4 heterocycles. The zero-order chi connectivity index (χ0) is 58.0. The highest BCUT2D eigenvalue weighted by atomic mass is 16.8. The first-order chi connectivity index (χ1) is 36.9. The summed E-state index contributed by atoms with van der Waals surface area (Å²) < 4.78 is 48.2. The maximum atomic E-state index is 13.0. The summed E-state index contributed by atoms with van der Waals surface area (Å²) in [4.78, 5) is 0. The van der Waals surface area contributed by atoms with Gasteiger partial charge >= 0.3 is 0 Å². The van der Waals surface area contributed by atoms with Crippen molar-refractivity contribution in [1.82, 2.24) is 0 Å². The smallest absolute Gasteiger partial charge is 0.187 e. The molecule has 25 heteroatoms. The minimum absolute atomic E-state index is 0.0619. The summed E-state index contributed by atoms with van der Waals surface area (Å²) in [5.41, 5.74) is -4.35. The van der Waals surface area contributed by atoms with Gasteiger partial charge in [-0.1, -0.05) is 53.2 Å². The lowest BCUT2D eigenvalue weighted by Crippen LogP contribution is -2.72. The van der Waals surface area contributed by atoms with Crippen molar-refractivity contribution in [2.45, 2.75) is 241 Å². The van der Waals surface area contributed by atoms with Gasteiger partial charge in [0.15, 0.2) is 25.2 Å². The lowest BCUT2D eigenvalue weighted by atomic mass is 9.33. The summed E-state index contributed by atoms with van der Waals surface area (Å²) in [5, 5.41) is 188. The third kappa shape index (κ3) is 9.84. The van der Waals surface area contributed by atoms with Gasteiger partial charge in [0.1, 0.15) is 91.6 Å². The van der Waals surface area contributed by atoms with Crippen LogP contribution in [0.2, 0.25) is 0 Å². The number of hydrogen-bond donors (Lipinski definition) is 17. The zero-order valence-corrected chi connectivity index (χ0v) is 46.0. The third-order valence-electron chi connectivity index (χ3n) is 21.9. The van der Waals surface area contributed by atoms with Crippen LogP contribution < -0.4 is 0 Å². The highest BCUT2D eigenvalue weighted by Gasteiger charge is 2.73. The Morgan fingerprint density at radius 3 is 1.54 bits per heavy atom. The van der Waals surface area contributed by atoms with Crippen LogP contribution in [0.3, 0.4) is 0 Å². The Hall–Kier alpha value is -1.26. The Morgan fingerprint density at radius 1 is 0.506 bits per heavy atom. The Balaban J connectivity index is 0.998. The van der Waals surface area contributed by atoms with Gasteiger partial charge in [-0.05, 0) is 91.3 Å². The molecule has 0 aromatic heterocycles. The summed E-state index contributed by atoms with van der Waals surface area (Å²) in [6.45, 7) is 10.7. The van der Waals surface area contributed by atoms with Crippen molar-refractivity contribution < 1.29 is 125 Å². The monoisotopic (exact) mass is 1140 g/mol. The zero-order valence-electron chi connectivity index (χ0n) is 46.0. The van der Waals surface area contributed by atoms with Crippen molar-refractivity contribution in [3.05, 3.63) is 11.6 Å². The minimum atomic E-state index is -1.92. The fraction of sp³-hybridized carbons (Fsp3) is 0.963. The molecule has 79 heavy (non-hydrogen) atoms. The van der Waals surface area contributed by atoms with E-state index in [4.69, 9.17) is 37.9 Å². The largest absolute Gasteiger partial charge is 0.394 e. The molecule has 8 fully saturated rings. The van der Waals surface area contributed by atoms with E-state index in [0.717, 1.165) is 5.57 Å². The molecule has 0 amide bonds. The summed E-state index contributed by atoms with van der Waals surface area (Å²) in [7, 11) is 0. The molecule has 5 aliphatic carbocycles. The first kappa shape index (κ1) is 62.3. The molecule has 0 bridgehead atoms. The van der Waals surface area contributed by atoms with Gasteiger partial charge in [-0.2, -0.15) is 0 Å². The van der Waals surface area contributed by atoms with E-state index in [1.807, 2.05) is 20.8 Å². The van der Waals surface area contributed by atoms with Gasteiger partial charge in [0.05, 0.1) is 69.0 Å². The minimum Gasteiger partial charge on any atom is -0.394 e. The van der Waals surface area contributed by atoms with Gasteiger partial charge in [-0.3, -0.25) is 0 Å². The van der Waals surface area contributed by atoms with Crippen LogP contribution in [0.1, 0.15) is 93.4 Å². The standard InChI is InChI=1S/C54H90O25/c1-21-31(60)35(64)39(68)45(74-21)78-41-37(66)33(62)25(17-56)76-47(41)72-19-51(5)27-10-13-52(6)28(50(27,4)12-11-29(51)58)9-8-22-23-14-49(2,3)43(70)44(71)54(23,30(59)15-53(22,52)7)20-73-48-42(38(67)34(63)26(18-57)77-48)79-46-40(69)36(65)32(61)24(16-55)75-46/h8,21,23-48,55-71H,9-20H2,1-7H3/t21-,23?,24+,25+,26+,27?,28+,29-,30+,31-,32+,33+,34+,35+,36-,37-,38-,39+,40+,41+,42+,43-,44-,45-,46-,47+,48+,50-,51+,52+,53+,54-/m0/s1. The molecular weight excluding hydrogens is 1050 g/mol. The van der Waals surface area contributed by atoms with Crippen LogP contribution in [0.25, 0.3) is 0 Å². The quantitative estimate of drug-likeness (QED) is 0.0771. The van der Waals surface area contributed by atoms with Gasteiger partial charge in [0.25, 0.3) is 0 Å². The van der Waals surface area contributed by atoms with Crippen LogP contribution in [-0.4, -0.2) is 267 Å². The molecule has 0 radical (unpaired) electrons. The van der Waals surface area contributed by atoms with Gasteiger partial charge in [0, 0.05) is 5.41 Å². The molecule has 0 aromatic carbocycles. The van der Waals surface area contributed by atoms with Gasteiger partial charge in [0.2, 0.25) is 0 Å². The van der Waals surface area contributed by atoms with Crippen molar-refractivity contribution in [3.8, 4) is 0 Å². The van der Waals surface area contributed by atoms with Crippen molar-refractivity contribution in [1.29, 1.82) is 0 Å². The summed E-state index contributed by atoms with van der Waals surface area (Å²) >= 11 is 0. The lowest BCUT2D eigenvalue weighted by molar-refractivity contribution is -0.374. The molecule has 17 N–H and O–H groups in total.